The van der Waals surface area contributed by atoms with Gasteiger partial charge in [0.2, 0.25) is 0 Å². The highest BCUT2D eigenvalue weighted by molar-refractivity contribution is 6.30. The van der Waals surface area contributed by atoms with Gasteiger partial charge in [-0.3, -0.25) is 4.79 Å². The predicted molar refractivity (Wildman–Crippen MR) is 120 cm³/mol. The molecule has 2 saturated carbocycles. The molecule has 2 heterocycles. The number of anilines is 1. The minimum absolute atomic E-state index is 0.0606. The van der Waals surface area contributed by atoms with Gasteiger partial charge in [-0.15, -0.1) is 0 Å². The van der Waals surface area contributed by atoms with Gasteiger partial charge in [0.15, 0.2) is 0 Å². The molecule has 0 spiro atoms. The van der Waals surface area contributed by atoms with Gasteiger partial charge in [0, 0.05) is 16.6 Å². The highest BCUT2D eigenvalue weighted by Crippen LogP contribution is 2.56. The van der Waals surface area contributed by atoms with Crippen molar-refractivity contribution in [1.29, 1.82) is 0 Å². The molecule has 0 unspecified atom stereocenters. The molecule has 4 fully saturated rings. The topological polar surface area (TPSA) is 34.0 Å². The second-order valence-electron chi connectivity index (χ2n) is 10.3. The summed E-state index contributed by atoms with van der Waals surface area (Å²) in [6, 6.07) is 8.12. The van der Waals surface area contributed by atoms with Crippen LogP contribution in [0.3, 0.4) is 0 Å². The summed E-state index contributed by atoms with van der Waals surface area (Å²) in [7, 11) is 0. The number of benzene rings is 1. The fourth-order valence-electron chi connectivity index (χ4n) is 6.74. The van der Waals surface area contributed by atoms with Crippen molar-refractivity contribution in [2.45, 2.75) is 45.1 Å². The van der Waals surface area contributed by atoms with Crippen LogP contribution >= 0.6 is 11.6 Å². The van der Waals surface area contributed by atoms with Crippen LogP contribution in [-0.4, -0.2) is 44.8 Å². The molecule has 30 heavy (non-hydrogen) atoms. The number of hydrogen-bond acceptors (Lipinski definition) is 3. The first-order valence-corrected chi connectivity index (χ1v) is 12.0. The van der Waals surface area contributed by atoms with Crippen LogP contribution in [0.25, 0.3) is 0 Å². The van der Waals surface area contributed by atoms with Crippen molar-refractivity contribution in [3.05, 3.63) is 41.4 Å². The number of carbonyl (C=O) groups is 1. The summed E-state index contributed by atoms with van der Waals surface area (Å²) >= 11 is 6.03. The van der Waals surface area contributed by atoms with E-state index in [2.05, 4.69) is 30.5 Å². The van der Waals surface area contributed by atoms with Crippen LogP contribution in [0.1, 0.15) is 39.0 Å². The summed E-state index contributed by atoms with van der Waals surface area (Å²) in [6.45, 7) is 11.9. The smallest absolute Gasteiger partial charge is 0.315 e. The molecule has 4 aliphatic rings. The van der Waals surface area contributed by atoms with Crippen molar-refractivity contribution < 1.29 is 14.4 Å². The van der Waals surface area contributed by atoms with Crippen LogP contribution in [0.4, 0.5) is 5.69 Å². The number of allylic oxidation sites excluding steroid dienone is 1. The van der Waals surface area contributed by atoms with Crippen LogP contribution in [0, 0.1) is 23.2 Å². The largest absolute Gasteiger partial charge is 0.462 e. The molecule has 2 saturated heterocycles. The number of carbonyl (C=O) groups excluding carboxylic acids is 1. The molecular formula is C25H34ClN2O2+. The molecule has 2 aliphatic carbocycles. The number of nitrogens with zero attached hydrogens (tertiary/aromatic N) is 1. The molecule has 1 aromatic carbocycles. The predicted octanol–water partition coefficient (Wildman–Crippen LogP) is 3.36. The molecule has 0 aromatic heterocycles. The standard InChI is InChI=1S/C25H33ClN2O2/c1-17-4-3-9-25(2)15-23-20(14-22(17)25)21(24(29)30-23)16-27-10-12-28(13-11-27)19-7-5-18(26)6-8-19/h5-8,20-23H,1,3-4,9-16H2,2H3/p+1/t20-,21-,22+,23+,25-/m0/s1. The number of quaternary nitrogens is 1. The lowest BCUT2D eigenvalue weighted by molar-refractivity contribution is -0.903. The van der Waals surface area contributed by atoms with Crippen LogP contribution in [0.2, 0.25) is 5.02 Å². The van der Waals surface area contributed by atoms with E-state index in [1.807, 2.05) is 12.1 Å². The lowest BCUT2D eigenvalue weighted by Gasteiger charge is -2.50. The first-order valence-electron chi connectivity index (χ1n) is 11.7. The molecule has 0 amide bonds. The summed E-state index contributed by atoms with van der Waals surface area (Å²) in [4.78, 5) is 16.8. The average Bonchev–Trinajstić information content (AvgIpc) is 3.01. The van der Waals surface area contributed by atoms with E-state index in [0.29, 0.717) is 11.8 Å². The highest BCUT2D eigenvalue weighted by atomic mass is 35.5. The Kier molecular flexibility index (Phi) is 5.35. The number of halogens is 1. The number of esters is 1. The molecule has 1 N–H and O–H groups in total. The molecular weight excluding hydrogens is 396 g/mol. The number of fused-ring (bicyclic) bond motifs is 2. The summed E-state index contributed by atoms with van der Waals surface area (Å²) < 4.78 is 5.97. The van der Waals surface area contributed by atoms with Gasteiger partial charge in [-0.2, -0.15) is 0 Å². The number of nitrogens with one attached hydrogen (secondary N) is 1. The average molecular weight is 430 g/mol. The van der Waals surface area contributed by atoms with E-state index in [0.717, 1.165) is 57.0 Å². The lowest BCUT2D eigenvalue weighted by atomic mass is 9.55. The minimum Gasteiger partial charge on any atom is -0.462 e. The Morgan fingerprint density at radius 1 is 1.27 bits per heavy atom. The lowest BCUT2D eigenvalue weighted by Crippen LogP contribution is -3.15. The van der Waals surface area contributed by atoms with Crippen molar-refractivity contribution in [2.24, 2.45) is 23.2 Å². The normalized spacial score (nSPS) is 36.9. The Hall–Kier alpha value is -1.52. The van der Waals surface area contributed by atoms with E-state index in [1.165, 1.54) is 24.1 Å². The maximum Gasteiger partial charge on any atom is 0.315 e. The van der Waals surface area contributed by atoms with Crippen molar-refractivity contribution in [3.8, 4) is 0 Å². The van der Waals surface area contributed by atoms with Crippen LogP contribution in [-0.2, 0) is 9.53 Å². The zero-order chi connectivity index (χ0) is 20.9. The van der Waals surface area contributed by atoms with E-state index in [9.17, 15) is 4.79 Å². The van der Waals surface area contributed by atoms with Gasteiger partial charge in [-0.25, -0.2) is 0 Å². The zero-order valence-corrected chi connectivity index (χ0v) is 18.8. The van der Waals surface area contributed by atoms with Gasteiger partial charge < -0.3 is 14.5 Å². The highest BCUT2D eigenvalue weighted by Gasteiger charge is 2.56. The molecule has 5 heteroatoms. The quantitative estimate of drug-likeness (QED) is 0.591. The molecule has 1 aromatic rings. The second kappa shape index (κ2) is 7.87. The number of rotatable bonds is 3. The second-order valence-corrected chi connectivity index (χ2v) is 10.8. The summed E-state index contributed by atoms with van der Waals surface area (Å²) in [6.07, 6.45) is 5.91. The third-order valence-electron chi connectivity index (χ3n) is 8.49. The van der Waals surface area contributed by atoms with Gasteiger partial charge in [-0.1, -0.05) is 30.7 Å². The molecule has 5 atom stereocenters. The number of ether oxygens (including phenoxy) is 1. The Morgan fingerprint density at radius 3 is 2.73 bits per heavy atom. The molecule has 162 valence electrons. The van der Waals surface area contributed by atoms with Crippen LogP contribution < -0.4 is 9.80 Å². The van der Waals surface area contributed by atoms with Gasteiger partial charge in [0.1, 0.15) is 12.0 Å². The maximum absolute atomic E-state index is 12.8. The third kappa shape index (κ3) is 3.67. The number of piperazine rings is 1. The first-order chi connectivity index (χ1) is 14.4. The van der Waals surface area contributed by atoms with Crippen molar-refractivity contribution in [3.63, 3.8) is 0 Å². The Bertz CT molecular complexity index is 817. The zero-order valence-electron chi connectivity index (χ0n) is 18.0. The summed E-state index contributed by atoms with van der Waals surface area (Å²) in [5.41, 5.74) is 2.94. The Morgan fingerprint density at radius 2 is 2.00 bits per heavy atom. The van der Waals surface area contributed by atoms with Crippen molar-refractivity contribution >= 4 is 23.3 Å². The van der Waals surface area contributed by atoms with Gasteiger partial charge >= 0.3 is 5.97 Å². The van der Waals surface area contributed by atoms with Crippen LogP contribution in [0.5, 0.6) is 0 Å². The Labute approximate surface area is 185 Å². The summed E-state index contributed by atoms with van der Waals surface area (Å²) in [5, 5.41) is 0.779. The van der Waals surface area contributed by atoms with Gasteiger partial charge in [-0.05, 0) is 67.7 Å². The van der Waals surface area contributed by atoms with E-state index in [-0.39, 0.29) is 23.4 Å². The molecule has 4 nitrogen and oxygen atoms in total. The van der Waals surface area contributed by atoms with Gasteiger partial charge in [0.05, 0.1) is 32.7 Å². The van der Waals surface area contributed by atoms with E-state index < -0.39 is 0 Å². The first kappa shape index (κ1) is 20.4. The monoisotopic (exact) mass is 429 g/mol. The molecule has 5 rings (SSSR count). The van der Waals surface area contributed by atoms with E-state index in [1.54, 1.807) is 4.90 Å². The Balaban J connectivity index is 1.22. The molecule has 0 radical (unpaired) electrons. The van der Waals surface area contributed by atoms with Crippen LogP contribution in [0.15, 0.2) is 36.4 Å². The maximum atomic E-state index is 12.8. The van der Waals surface area contributed by atoms with Gasteiger partial charge in [0.25, 0.3) is 0 Å². The van der Waals surface area contributed by atoms with E-state index in [4.69, 9.17) is 16.3 Å². The SMILES string of the molecule is C=C1CCC[C@@]2(C)C[C@H]3OC(=O)[C@@H](C[NH+]4CCN(c5ccc(Cl)cc5)CC4)[C@@H]3C[C@H]12. The minimum atomic E-state index is 0.0606. The fraction of sp³-hybridized carbons (Fsp3) is 0.640. The van der Waals surface area contributed by atoms with Crippen molar-refractivity contribution in [2.75, 3.05) is 37.6 Å². The molecule has 2 aliphatic heterocycles. The number of hydrogen-bond donors (Lipinski definition) is 1. The summed E-state index contributed by atoms with van der Waals surface area (Å²) in [5.74, 6) is 1.07. The molecule has 0 bridgehead atoms. The fourth-order valence-corrected chi connectivity index (χ4v) is 6.86. The van der Waals surface area contributed by atoms with E-state index >= 15 is 0 Å². The van der Waals surface area contributed by atoms with Crippen molar-refractivity contribution in [1.82, 2.24) is 0 Å². The third-order valence-corrected chi connectivity index (χ3v) is 8.74.